The SMILES string of the molecule is C1CNCC(N2CCCC3CC32)C1. The highest BCUT2D eigenvalue weighted by Gasteiger charge is 2.46. The van der Waals surface area contributed by atoms with Gasteiger partial charge in [-0.15, -0.1) is 0 Å². The van der Waals surface area contributed by atoms with E-state index in [2.05, 4.69) is 10.2 Å². The zero-order valence-corrected chi connectivity index (χ0v) is 8.34. The molecule has 0 spiro atoms. The summed E-state index contributed by atoms with van der Waals surface area (Å²) in [4.78, 5) is 2.81. The Balaban J connectivity index is 1.62. The number of nitrogens with one attached hydrogen (secondary N) is 1. The third-order valence-corrected chi connectivity index (χ3v) is 4.04. The van der Waals surface area contributed by atoms with Crippen molar-refractivity contribution in [3.63, 3.8) is 0 Å². The van der Waals surface area contributed by atoms with Gasteiger partial charge in [0.15, 0.2) is 0 Å². The Kier molecular flexibility index (Phi) is 2.06. The van der Waals surface area contributed by atoms with E-state index in [1.165, 1.54) is 51.7 Å². The van der Waals surface area contributed by atoms with Crippen molar-refractivity contribution in [3.05, 3.63) is 0 Å². The number of hydrogen-bond acceptors (Lipinski definition) is 2. The van der Waals surface area contributed by atoms with E-state index in [0.29, 0.717) is 0 Å². The van der Waals surface area contributed by atoms with Gasteiger partial charge in [-0.3, -0.25) is 4.90 Å². The minimum Gasteiger partial charge on any atom is -0.315 e. The molecule has 74 valence electrons. The lowest BCUT2D eigenvalue weighted by atomic mass is 10.0. The fourth-order valence-corrected chi connectivity index (χ4v) is 3.22. The minimum absolute atomic E-state index is 0.879. The maximum atomic E-state index is 3.53. The van der Waals surface area contributed by atoms with Crippen LogP contribution in [0.4, 0.5) is 0 Å². The van der Waals surface area contributed by atoms with Gasteiger partial charge in [0, 0.05) is 18.6 Å². The molecule has 2 saturated heterocycles. The summed E-state index contributed by atoms with van der Waals surface area (Å²) in [6, 6.07) is 1.88. The summed E-state index contributed by atoms with van der Waals surface area (Å²) in [6.07, 6.45) is 7.31. The predicted octanol–water partition coefficient (Wildman–Crippen LogP) is 1.22. The van der Waals surface area contributed by atoms with Crippen LogP contribution in [0.25, 0.3) is 0 Å². The monoisotopic (exact) mass is 180 g/mol. The summed E-state index contributed by atoms with van der Waals surface area (Å²) in [5.74, 6) is 1.09. The van der Waals surface area contributed by atoms with Crippen LogP contribution in [0.5, 0.6) is 0 Å². The van der Waals surface area contributed by atoms with E-state index >= 15 is 0 Å². The van der Waals surface area contributed by atoms with Crippen LogP contribution in [0, 0.1) is 5.92 Å². The van der Waals surface area contributed by atoms with Gasteiger partial charge in [0.05, 0.1) is 0 Å². The average molecular weight is 180 g/mol. The van der Waals surface area contributed by atoms with Crippen molar-refractivity contribution in [2.45, 2.75) is 44.2 Å². The van der Waals surface area contributed by atoms with Crippen molar-refractivity contribution in [1.82, 2.24) is 10.2 Å². The molecule has 0 aromatic carbocycles. The maximum Gasteiger partial charge on any atom is 0.0224 e. The average Bonchev–Trinajstić information content (AvgIpc) is 2.97. The summed E-state index contributed by atoms with van der Waals surface area (Å²) < 4.78 is 0. The number of fused-ring (bicyclic) bond motifs is 1. The van der Waals surface area contributed by atoms with Crippen LogP contribution in [-0.4, -0.2) is 36.6 Å². The molecule has 1 N–H and O–H groups in total. The molecule has 0 aromatic heterocycles. The summed E-state index contributed by atoms with van der Waals surface area (Å²) in [6.45, 7) is 3.88. The number of nitrogens with zero attached hydrogens (tertiary/aromatic N) is 1. The highest BCUT2D eigenvalue weighted by Crippen LogP contribution is 2.44. The van der Waals surface area contributed by atoms with Gasteiger partial charge in [-0.05, 0) is 51.1 Å². The van der Waals surface area contributed by atoms with Gasteiger partial charge >= 0.3 is 0 Å². The molecule has 3 rings (SSSR count). The van der Waals surface area contributed by atoms with Crippen LogP contribution in [-0.2, 0) is 0 Å². The van der Waals surface area contributed by atoms with E-state index in [4.69, 9.17) is 0 Å². The van der Waals surface area contributed by atoms with Gasteiger partial charge in [0.1, 0.15) is 0 Å². The van der Waals surface area contributed by atoms with Crippen LogP contribution >= 0.6 is 0 Å². The molecule has 3 atom stereocenters. The van der Waals surface area contributed by atoms with Crippen LogP contribution < -0.4 is 5.32 Å². The van der Waals surface area contributed by atoms with E-state index in [1.54, 1.807) is 0 Å². The van der Waals surface area contributed by atoms with Crippen LogP contribution in [0.3, 0.4) is 0 Å². The largest absolute Gasteiger partial charge is 0.315 e. The summed E-state index contributed by atoms with van der Waals surface area (Å²) >= 11 is 0. The maximum absolute atomic E-state index is 3.53. The molecular formula is C11H20N2. The van der Waals surface area contributed by atoms with Crippen molar-refractivity contribution in [1.29, 1.82) is 0 Å². The quantitative estimate of drug-likeness (QED) is 0.653. The zero-order chi connectivity index (χ0) is 8.67. The molecule has 3 aliphatic rings. The standard InChI is InChI=1S/C11H20N2/c1-4-10(8-12-5-1)13-6-2-3-9-7-11(9)13/h9-12H,1-8H2. The number of piperidine rings is 2. The molecule has 3 fully saturated rings. The van der Waals surface area contributed by atoms with Gasteiger partial charge in [0.25, 0.3) is 0 Å². The Morgan fingerprint density at radius 3 is 3.00 bits per heavy atom. The molecule has 2 heterocycles. The molecule has 0 aromatic rings. The normalized spacial score (nSPS) is 45.7. The summed E-state index contributed by atoms with van der Waals surface area (Å²) in [5, 5.41) is 3.53. The molecular weight excluding hydrogens is 160 g/mol. The lowest BCUT2D eigenvalue weighted by molar-refractivity contribution is 0.128. The Labute approximate surface area is 80.7 Å². The Hall–Kier alpha value is -0.0800. The van der Waals surface area contributed by atoms with Crippen LogP contribution in [0.2, 0.25) is 0 Å². The number of likely N-dealkylation sites (tertiary alicyclic amines) is 1. The van der Waals surface area contributed by atoms with E-state index in [1.807, 2.05) is 0 Å². The first-order chi connectivity index (χ1) is 6.45. The third kappa shape index (κ3) is 1.50. The molecule has 2 aliphatic heterocycles. The third-order valence-electron chi connectivity index (χ3n) is 4.04. The van der Waals surface area contributed by atoms with E-state index in [-0.39, 0.29) is 0 Å². The number of hydrogen-bond donors (Lipinski definition) is 1. The molecule has 2 nitrogen and oxygen atoms in total. The van der Waals surface area contributed by atoms with Crippen molar-refractivity contribution in [2.75, 3.05) is 19.6 Å². The molecule has 1 saturated carbocycles. The van der Waals surface area contributed by atoms with E-state index in [0.717, 1.165) is 18.0 Å². The smallest absolute Gasteiger partial charge is 0.0224 e. The highest BCUT2D eigenvalue weighted by atomic mass is 15.2. The second-order valence-electron chi connectivity index (χ2n) is 4.94. The molecule has 0 radical (unpaired) electrons. The van der Waals surface area contributed by atoms with Crippen LogP contribution in [0.1, 0.15) is 32.1 Å². The van der Waals surface area contributed by atoms with Gasteiger partial charge < -0.3 is 5.32 Å². The Bertz CT molecular complexity index is 187. The van der Waals surface area contributed by atoms with E-state index in [9.17, 15) is 0 Å². The first-order valence-electron chi connectivity index (χ1n) is 5.91. The molecule has 0 amide bonds. The second kappa shape index (κ2) is 3.25. The molecule has 1 aliphatic carbocycles. The number of rotatable bonds is 1. The van der Waals surface area contributed by atoms with Gasteiger partial charge in [-0.2, -0.15) is 0 Å². The van der Waals surface area contributed by atoms with Crippen molar-refractivity contribution in [2.24, 2.45) is 5.92 Å². The first kappa shape index (κ1) is 8.25. The molecule has 13 heavy (non-hydrogen) atoms. The predicted molar refractivity (Wildman–Crippen MR) is 53.7 cm³/mol. The lowest BCUT2D eigenvalue weighted by Crippen LogP contribution is -2.48. The summed E-state index contributed by atoms with van der Waals surface area (Å²) in [7, 11) is 0. The van der Waals surface area contributed by atoms with Crippen molar-refractivity contribution < 1.29 is 0 Å². The van der Waals surface area contributed by atoms with Gasteiger partial charge in [-0.25, -0.2) is 0 Å². The van der Waals surface area contributed by atoms with Gasteiger partial charge in [-0.1, -0.05) is 0 Å². The lowest BCUT2D eigenvalue weighted by Gasteiger charge is -2.37. The fourth-order valence-electron chi connectivity index (χ4n) is 3.22. The van der Waals surface area contributed by atoms with Gasteiger partial charge in [0.2, 0.25) is 0 Å². The Morgan fingerprint density at radius 2 is 2.15 bits per heavy atom. The summed E-state index contributed by atoms with van der Waals surface area (Å²) in [5.41, 5.74) is 0. The topological polar surface area (TPSA) is 15.3 Å². The first-order valence-corrected chi connectivity index (χ1v) is 5.91. The highest BCUT2D eigenvalue weighted by molar-refractivity contribution is 5.01. The molecule has 0 bridgehead atoms. The minimum atomic E-state index is 0.879. The van der Waals surface area contributed by atoms with Crippen LogP contribution in [0.15, 0.2) is 0 Å². The second-order valence-corrected chi connectivity index (χ2v) is 4.94. The fraction of sp³-hybridized carbons (Fsp3) is 1.00. The molecule has 2 heteroatoms. The van der Waals surface area contributed by atoms with Crippen molar-refractivity contribution >= 4 is 0 Å². The van der Waals surface area contributed by atoms with E-state index < -0.39 is 0 Å². The van der Waals surface area contributed by atoms with Crippen molar-refractivity contribution in [3.8, 4) is 0 Å². The zero-order valence-electron chi connectivity index (χ0n) is 8.34. The molecule has 3 unspecified atom stereocenters. The Morgan fingerprint density at radius 1 is 1.15 bits per heavy atom.